The van der Waals surface area contributed by atoms with Crippen molar-refractivity contribution in [2.45, 2.75) is 26.1 Å². The van der Waals surface area contributed by atoms with Crippen LogP contribution in [0.1, 0.15) is 18.1 Å². The summed E-state index contributed by atoms with van der Waals surface area (Å²) in [6.07, 6.45) is 0. The second-order valence-corrected chi connectivity index (χ2v) is 5.82. The molecule has 4 nitrogen and oxygen atoms in total. The number of nitrogens with zero attached hydrogens (tertiary/aromatic N) is 1. The number of likely N-dealkylation sites (N-methyl/N-ethyl adjacent to an activating group) is 1. The number of hydrogen-bond acceptors (Lipinski definition) is 3. The smallest absolute Gasteiger partial charge is 0.244 e. The zero-order chi connectivity index (χ0) is 17.5. The highest BCUT2D eigenvalue weighted by Gasteiger charge is 2.17. The van der Waals surface area contributed by atoms with E-state index in [1.165, 1.54) is 12.1 Å². The predicted molar refractivity (Wildman–Crippen MR) is 93.1 cm³/mol. The summed E-state index contributed by atoms with van der Waals surface area (Å²) >= 11 is 0. The molecular formula is C19H23FN2O2. The van der Waals surface area contributed by atoms with E-state index in [4.69, 9.17) is 4.74 Å². The fourth-order valence-corrected chi connectivity index (χ4v) is 2.55. The Morgan fingerprint density at radius 3 is 2.62 bits per heavy atom. The van der Waals surface area contributed by atoms with Crippen molar-refractivity contribution in [1.29, 1.82) is 0 Å². The van der Waals surface area contributed by atoms with Gasteiger partial charge in [0.2, 0.25) is 5.91 Å². The number of ether oxygens (including phenoxy) is 1. The molecule has 2 aromatic carbocycles. The molecule has 1 N–H and O–H groups in total. The summed E-state index contributed by atoms with van der Waals surface area (Å²) in [4.78, 5) is 14.1. The first-order chi connectivity index (χ1) is 11.5. The lowest BCUT2D eigenvalue weighted by Crippen LogP contribution is -2.38. The molecular weight excluding hydrogens is 307 g/mol. The molecule has 0 radical (unpaired) electrons. The summed E-state index contributed by atoms with van der Waals surface area (Å²) in [6.45, 7) is 2.71. The third kappa shape index (κ3) is 5.06. The molecule has 0 aliphatic carbocycles. The quantitative estimate of drug-likeness (QED) is 0.846. The summed E-state index contributed by atoms with van der Waals surface area (Å²) in [7, 11) is 3.36. The summed E-state index contributed by atoms with van der Waals surface area (Å²) in [5.41, 5.74) is 2.67. The minimum Gasteiger partial charge on any atom is -0.380 e. The van der Waals surface area contributed by atoms with Crippen molar-refractivity contribution in [3.8, 4) is 0 Å². The lowest BCUT2D eigenvalue weighted by molar-refractivity contribution is -0.130. The average molecular weight is 330 g/mol. The number of carbonyl (C=O) groups excluding carboxylic acids is 1. The fourth-order valence-electron chi connectivity index (χ4n) is 2.55. The average Bonchev–Trinajstić information content (AvgIpc) is 2.54. The van der Waals surface area contributed by atoms with Crippen LogP contribution in [0.3, 0.4) is 0 Å². The Hall–Kier alpha value is -2.40. The zero-order valence-corrected chi connectivity index (χ0v) is 14.3. The molecule has 0 spiro atoms. The van der Waals surface area contributed by atoms with Crippen molar-refractivity contribution in [2.75, 3.05) is 19.5 Å². The van der Waals surface area contributed by atoms with E-state index in [0.29, 0.717) is 13.2 Å². The molecule has 2 rings (SSSR count). The van der Waals surface area contributed by atoms with Crippen LogP contribution >= 0.6 is 0 Å². The standard InChI is InChI=1S/C19H23FN2O2/c1-14(21-18-9-5-7-16(11-18)13-24-3)19(23)22(2)12-15-6-4-8-17(20)10-15/h4-11,14,21H,12-13H2,1-3H3/t14-/m1/s1. The highest BCUT2D eigenvalue weighted by atomic mass is 19.1. The first-order valence-corrected chi connectivity index (χ1v) is 7.83. The molecule has 1 atom stereocenters. The van der Waals surface area contributed by atoms with E-state index in [9.17, 15) is 9.18 Å². The van der Waals surface area contributed by atoms with Crippen LogP contribution in [-0.4, -0.2) is 31.0 Å². The van der Waals surface area contributed by atoms with Gasteiger partial charge in [0.15, 0.2) is 0 Å². The Morgan fingerprint density at radius 2 is 1.92 bits per heavy atom. The second kappa shape index (κ2) is 8.45. The van der Waals surface area contributed by atoms with E-state index in [2.05, 4.69) is 5.32 Å². The van der Waals surface area contributed by atoms with Gasteiger partial charge in [0.1, 0.15) is 11.9 Å². The van der Waals surface area contributed by atoms with Gasteiger partial charge in [0, 0.05) is 26.4 Å². The summed E-state index contributed by atoms with van der Waals surface area (Å²) in [5, 5.41) is 3.20. The van der Waals surface area contributed by atoms with E-state index < -0.39 is 0 Å². The van der Waals surface area contributed by atoms with Gasteiger partial charge in [-0.15, -0.1) is 0 Å². The third-order valence-electron chi connectivity index (χ3n) is 3.68. The predicted octanol–water partition coefficient (Wildman–Crippen LogP) is 3.43. The van der Waals surface area contributed by atoms with Gasteiger partial charge in [-0.2, -0.15) is 0 Å². The Morgan fingerprint density at radius 1 is 1.21 bits per heavy atom. The number of amides is 1. The Bertz CT molecular complexity index is 691. The summed E-state index contributed by atoms with van der Waals surface area (Å²) < 4.78 is 18.4. The van der Waals surface area contributed by atoms with Gasteiger partial charge in [-0.1, -0.05) is 24.3 Å². The number of halogens is 1. The van der Waals surface area contributed by atoms with Crippen molar-refractivity contribution < 1.29 is 13.9 Å². The molecule has 24 heavy (non-hydrogen) atoms. The Labute approximate surface area is 142 Å². The van der Waals surface area contributed by atoms with Gasteiger partial charge in [-0.05, 0) is 42.3 Å². The molecule has 0 heterocycles. The highest BCUT2D eigenvalue weighted by molar-refractivity contribution is 5.84. The van der Waals surface area contributed by atoms with Crippen LogP contribution in [0.4, 0.5) is 10.1 Å². The van der Waals surface area contributed by atoms with Crippen molar-refractivity contribution >= 4 is 11.6 Å². The molecule has 128 valence electrons. The molecule has 0 aliphatic rings. The largest absolute Gasteiger partial charge is 0.380 e. The topological polar surface area (TPSA) is 41.6 Å². The van der Waals surface area contributed by atoms with Crippen LogP contribution in [0, 0.1) is 5.82 Å². The first-order valence-electron chi connectivity index (χ1n) is 7.83. The van der Waals surface area contributed by atoms with Crippen molar-refractivity contribution in [1.82, 2.24) is 4.90 Å². The Balaban J connectivity index is 1.97. The van der Waals surface area contributed by atoms with E-state index in [-0.39, 0.29) is 17.8 Å². The number of rotatable bonds is 7. The molecule has 2 aromatic rings. The fraction of sp³-hybridized carbons (Fsp3) is 0.316. The second-order valence-electron chi connectivity index (χ2n) is 5.82. The number of anilines is 1. The lowest BCUT2D eigenvalue weighted by atomic mass is 10.1. The summed E-state index contributed by atoms with van der Waals surface area (Å²) in [6, 6.07) is 13.7. The molecule has 1 amide bonds. The number of benzene rings is 2. The monoisotopic (exact) mass is 330 g/mol. The van der Waals surface area contributed by atoms with Gasteiger partial charge in [-0.25, -0.2) is 4.39 Å². The van der Waals surface area contributed by atoms with Gasteiger partial charge in [-0.3, -0.25) is 4.79 Å². The van der Waals surface area contributed by atoms with Crippen LogP contribution in [0.15, 0.2) is 48.5 Å². The van der Waals surface area contributed by atoms with Crippen LogP contribution in [0.5, 0.6) is 0 Å². The van der Waals surface area contributed by atoms with Crippen LogP contribution in [0.25, 0.3) is 0 Å². The molecule has 5 heteroatoms. The van der Waals surface area contributed by atoms with Crippen molar-refractivity contribution in [3.63, 3.8) is 0 Å². The minimum atomic E-state index is -0.388. The highest BCUT2D eigenvalue weighted by Crippen LogP contribution is 2.14. The maximum absolute atomic E-state index is 13.2. The van der Waals surface area contributed by atoms with Gasteiger partial charge in [0.05, 0.1) is 6.61 Å². The van der Waals surface area contributed by atoms with Crippen LogP contribution < -0.4 is 5.32 Å². The normalized spacial score (nSPS) is 11.8. The SMILES string of the molecule is COCc1cccc(N[C@H](C)C(=O)N(C)Cc2cccc(F)c2)c1. The van der Waals surface area contributed by atoms with Crippen LogP contribution in [-0.2, 0) is 22.7 Å². The molecule has 0 aromatic heterocycles. The van der Waals surface area contributed by atoms with E-state index >= 15 is 0 Å². The number of hydrogen-bond donors (Lipinski definition) is 1. The van der Waals surface area contributed by atoms with E-state index in [0.717, 1.165) is 16.8 Å². The minimum absolute atomic E-state index is 0.0589. The lowest BCUT2D eigenvalue weighted by Gasteiger charge is -2.23. The third-order valence-corrected chi connectivity index (χ3v) is 3.68. The molecule has 0 bridgehead atoms. The maximum Gasteiger partial charge on any atom is 0.244 e. The molecule has 0 saturated heterocycles. The molecule has 0 fully saturated rings. The van der Waals surface area contributed by atoms with Gasteiger partial charge < -0.3 is 15.0 Å². The molecule has 0 unspecified atom stereocenters. The number of methoxy groups -OCH3 is 1. The van der Waals surface area contributed by atoms with Gasteiger partial charge >= 0.3 is 0 Å². The van der Waals surface area contributed by atoms with Crippen molar-refractivity contribution in [2.24, 2.45) is 0 Å². The maximum atomic E-state index is 13.2. The molecule has 0 saturated carbocycles. The number of carbonyl (C=O) groups is 1. The van der Waals surface area contributed by atoms with E-state index in [1.54, 1.807) is 31.2 Å². The Kier molecular flexibility index (Phi) is 6.32. The van der Waals surface area contributed by atoms with Crippen molar-refractivity contribution in [3.05, 3.63) is 65.5 Å². The zero-order valence-electron chi connectivity index (χ0n) is 14.3. The first kappa shape index (κ1) is 17.9. The van der Waals surface area contributed by atoms with Gasteiger partial charge in [0.25, 0.3) is 0 Å². The van der Waals surface area contributed by atoms with Crippen LogP contribution in [0.2, 0.25) is 0 Å². The number of nitrogens with one attached hydrogen (secondary N) is 1. The summed E-state index contributed by atoms with van der Waals surface area (Å²) in [5.74, 6) is -0.356. The van der Waals surface area contributed by atoms with E-state index in [1.807, 2.05) is 31.2 Å². The molecule has 0 aliphatic heterocycles.